The number of nitrogens with zero attached hydrogens (tertiary/aromatic N) is 3. The minimum Gasteiger partial charge on any atom is -0.441 e. The molecule has 3 heterocycles. The highest BCUT2D eigenvalue weighted by atomic mass is 35.5. The number of ether oxygens (including phenoxy) is 1. The molecule has 2 aromatic heterocycles. The van der Waals surface area contributed by atoms with Gasteiger partial charge in [0.05, 0.1) is 23.3 Å². The van der Waals surface area contributed by atoms with E-state index in [1.807, 2.05) is 36.9 Å². The Morgan fingerprint density at radius 1 is 1.10 bits per heavy atom. The van der Waals surface area contributed by atoms with Crippen molar-refractivity contribution in [2.24, 2.45) is 0 Å². The summed E-state index contributed by atoms with van der Waals surface area (Å²) >= 11 is 6.07. The minimum absolute atomic E-state index is 0.0535. The van der Waals surface area contributed by atoms with Crippen molar-refractivity contribution in [3.63, 3.8) is 0 Å². The van der Waals surface area contributed by atoms with Crippen LogP contribution in [0.4, 0.5) is 4.79 Å². The number of pyridine rings is 1. The molecule has 8 heteroatoms. The molecular formula is C23H25ClN4O3. The van der Waals surface area contributed by atoms with E-state index in [-0.39, 0.29) is 29.9 Å². The standard InChI is InChI=1S/C23H25ClN4O3/c1-23(2)20(14-6-4-3-5-7-14)28(22(30)31-23)16-10-8-15(9-11-16)27-18-12-19(24)25-13-17(18)26-21(27)29/h3-7,12-13,15-16,20H,8-11H2,1-2H3,(H,26,29)/t15-,16-,20?. The number of amides is 1. The van der Waals surface area contributed by atoms with Gasteiger partial charge < -0.3 is 9.72 Å². The van der Waals surface area contributed by atoms with Crippen LogP contribution in [0.15, 0.2) is 47.4 Å². The second kappa shape index (κ2) is 7.41. The van der Waals surface area contributed by atoms with E-state index in [0.29, 0.717) is 10.7 Å². The number of hydrogen-bond acceptors (Lipinski definition) is 4. The summed E-state index contributed by atoms with van der Waals surface area (Å²) in [6.07, 6.45) is 4.53. The molecule has 5 rings (SSSR count). The Bertz CT molecular complexity index is 1180. The third-order valence-electron chi connectivity index (χ3n) is 6.61. The van der Waals surface area contributed by atoms with Crippen LogP contribution >= 0.6 is 11.6 Å². The number of cyclic esters (lactones) is 1. The number of benzene rings is 1. The lowest BCUT2D eigenvalue weighted by Gasteiger charge is -2.38. The summed E-state index contributed by atoms with van der Waals surface area (Å²) in [5.74, 6) is 0. The average Bonchev–Trinajstić information content (AvgIpc) is 3.19. The largest absolute Gasteiger partial charge is 0.441 e. The lowest BCUT2D eigenvalue weighted by atomic mass is 9.86. The van der Waals surface area contributed by atoms with Gasteiger partial charge in [0.25, 0.3) is 0 Å². The number of carbonyl (C=O) groups excluding carboxylic acids is 1. The lowest BCUT2D eigenvalue weighted by molar-refractivity contribution is 0.0662. The van der Waals surface area contributed by atoms with Gasteiger partial charge in [0.1, 0.15) is 10.8 Å². The second-order valence-corrected chi connectivity index (χ2v) is 9.37. The van der Waals surface area contributed by atoms with Crippen molar-refractivity contribution >= 4 is 28.7 Å². The predicted molar refractivity (Wildman–Crippen MR) is 118 cm³/mol. The molecule has 162 valence electrons. The van der Waals surface area contributed by atoms with Crippen LogP contribution in [-0.4, -0.2) is 37.2 Å². The third-order valence-corrected chi connectivity index (χ3v) is 6.81. The van der Waals surface area contributed by atoms with Gasteiger partial charge in [-0.05, 0) is 45.1 Å². The topological polar surface area (TPSA) is 80.2 Å². The van der Waals surface area contributed by atoms with E-state index in [0.717, 1.165) is 36.8 Å². The number of fused-ring (bicyclic) bond motifs is 1. The summed E-state index contributed by atoms with van der Waals surface area (Å²) in [5.41, 5.74) is 1.79. The molecule has 2 aliphatic rings. The molecule has 0 spiro atoms. The third kappa shape index (κ3) is 3.41. The van der Waals surface area contributed by atoms with E-state index in [9.17, 15) is 9.59 Å². The Kier molecular flexibility index (Phi) is 4.81. The van der Waals surface area contributed by atoms with Gasteiger partial charge in [0.2, 0.25) is 0 Å². The van der Waals surface area contributed by atoms with Crippen molar-refractivity contribution in [3.05, 3.63) is 63.8 Å². The van der Waals surface area contributed by atoms with Gasteiger partial charge in [-0.2, -0.15) is 0 Å². The van der Waals surface area contributed by atoms with Gasteiger partial charge in [0.15, 0.2) is 0 Å². The normalized spacial score (nSPS) is 25.7. The maximum Gasteiger partial charge on any atom is 0.411 e. The maximum absolute atomic E-state index is 12.9. The van der Waals surface area contributed by atoms with Crippen LogP contribution in [0.2, 0.25) is 5.15 Å². The Morgan fingerprint density at radius 2 is 1.77 bits per heavy atom. The van der Waals surface area contributed by atoms with Gasteiger partial charge in [-0.3, -0.25) is 9.47 Å². The number of aromatic amines is 1. The van der Waals surface area contributed by atoms with Crippen molar-refractivity contribution in [2.45, 2.75) is 63.3 Å². The van der Waals surface area contributed by atoms with E-state index < -0.39 is 5.60 Å². The first-order chi connectivity index (χ1) is 14.8. The summed E-state index contributed by atoms with van der Waals surface area (Å²) < 4.78 is 7.57. The van der Waals surface area contributed by atoms with Gasteiger partial charge in [-0.1, -0.05) is 41.9 Å². The fourth-order valence-electron chi connectivity index (χ4n) is 5.29. The summed E-state index contributed by atoms with van der Waals surface area (Å²) in [4.78, 5) is 34.3. The molecule has 1 atom stereocenters. The van der Waals surface area contributed by atoms with E-state index in [1.54, 1.807) is 16.8 Å². The van der Waals surface area contributed by atoms with Crippen molar-refractivity contribution in [1.82, 2.24) is 19.4 Å². The number of nitrogens with one attached hydrogen (secondary N) is 1. The molecule has 1 aliphatic carbocycles. The van der Waals surface area contributed by atoms with Crippen molar-refractivity contribution in [2.75, 3.05) is 0 Å². The molecule has 3 aromatic rings. The smallest absolute Gasteiger partial charge is 0.411 e. The maximum atomic E-state index is 12.9. The number of aromatic nitrogens is 3. The lowest BCUT2D eigenvalue weighted by Crippen LogP contribution is -2.43. The highest BCUT2D eigenvalue weighted by Crippen LogP contribution is 2.45. The summed E-state index contributed by atoms with van der Waals surface area (Å²) in [6.45, 7) is 3.94. The van der Waals surface area contributed by atoms with Crippen LogP contribution in [0, 0.1) is 0 Å². The monoisotopic (exact) mass is 440 g/mol. The Morgan fingerprint density at radius 3 is 2.48 bits per heavy atom. The van der Waals surface area contributed by atoms with Crippen LogP contribution in [0.1, 0.15) is 57.2 Å². The van der Waals surface area contributed by atoms with E-state index in [1.165, 1.54) is 0 Å². The molecule has 1 saturated heterocycles. The molecule has 2 fully saturated rings. The second-order valence-electron chi connectivity index (χ2n) is 8.98. The number of imidazole rings is 1. The average molecular weight is 441 g/mol. The zero-order valence-electron chi connectivity index (χ0n) is 17.5. The first-order valence-corrected chi connectivity index (χ1v) is 11.0. The van der Waals surface area contributed by atoms with Gasteiger partial charge in [-0.25, -0.2) is 14.6 Å². The molecule has 7 nitrogen and oxygen atoms in total. The fourth-order valence-corrected chi connectivity index (χ4v) is 5.44. The summed E-state index contributed by atoms with van der Waals surface area (Å²) in [7, 11) is 0. The number of hydrogen-bond donors (Lipinski definition) is 1. The SMILES string of the molecule is CC1(C)OC(=O)N([C@H]2CC[C@H](n3c(=O)[nH]c4cnc(Cl)cc43)CC2)C1c1ccccc1. The molecular weight excluding hydrogens is 416 g/mol. The molecule has 1 saturated carbocycles. The predicted octanol–water partition coefficient (Wildman–Crippen LogP) is 4.83. The quantitative estimate of drug-likeness (QED) is 0.591. The Hall–Kier alpha value is -2.80. The van der Waals surface area contributed by atoms with Crippen molar-refractivity contribution in [3.8, 4) is 0 Å². The molecule has 1 amide bonds. The molecule has 1 N–H and O–H groups in total. The van der Waals surface area contributed by atoms with Crippen molar-refractivity contribution in [1.29, 1.82) is 0 Å². The Labute approximate surface area is 185 Å². The minimum atomic E-state index is -0.604. The number of H-pyrrole nitrogens is 1. The van der Waals surface area contributed by atoms with Gasteiger partial charge in [0, 0.05) is 18.2 Å². The van der Waals surface area contributed by atoms with E-state index >= 15 is 0 Å². The first-order valence-electron chi connectivity index (χ1n) is 10.7. The Balaban J connectivity index is 1.40. The summed E-state index contributed by atoms with van der Waals surface area (Å²) in [6, 6.07) is 11.8. The number of rotatable bonds is 3. The molecule has 0 bridgehead atoms. The van der Waals surface area contributed by atoms with Crippen LogP contribution in [0.3, 0.4) is 0 Å². The highest BCUT2D eigenvalue weighted by Gasteiger charge is 2.51. The van der Waals surface area contributed by atoms with Crippen LogP contribution in [0.25, 0.3) is 11.0 Å². The molecule has 1 unspecified atom stereocenters. The molecule has 1 aromatic carbocycles. The van der Waals surface area contributed by atoms with E-state index in [4.69, 9.17) is 16.3 Å². The van der Waals surface area contributed by atoms with E-state index in [2.05, 4.69) is 22.1 Å². The number of carbonyl (C=O) groups is 1. The molecule has 1 aliphatic heterocycles. The zero-order valence-corrected chi connectivity index (χ0v) is 18.3. The zero-order chi connectivity index (χ0) is 21.8. The molecule has 0 radical (unpaired) electrons. The fraction of sp³-hybridized carbons (Fsp3) is 0.435. The molecule has 31 heavy (non-hydrogen) atoms. The van der Waals surface area contributed by atoms with Crippen molar-refractivity contribution < 1.29 is 9.53 Å². The van der Waals surface area contributed by atoms with Crippen LogP contribution < -0.4 is 5.69 Å². The van der Waals surface area contributed by atoms with Gasteiger partial charge >= 0.3 is 11.8 Å². The van der Waals surface area contributed by atoms with Crippen LogP contribution in [-0.2, 0) is 4.74 Å². The van der Waals surface area contributed by atoms with Crippen LogP contribution in [0.5, 0.6) is 0 Å². The van der Waals surface area contributed by atoms with Gasteiger partial charge in [-0.15, -0.1) is 0 Å². The number of halogens is 1. The highest BCUT2D eigenvalue weighted by molar-refractivity contribution is 6.29. The first kappa shape index (κ1) is 20.1. The summed E-state index contributed by atoms with van der Waals surface area (Å²) in [5, 5.41) is 0.363.